The number of morpholine rings is 1. The number of urea groups is 1. The van der Waals surface area contributed by atoms with Crippen LogP contribution in [0.4, 0.5) is 10.5 Å². The van der Waals surface area contributed by atoms with Crippen molar-refractivity contribution in [3.63, 3.8) is 0 Å². The molecule has 0 bridgehead atoms. The predicted octanol–water partition coefficient (Wildman–Crippen LogP) is 2.34. The normalized spacial score (nSPS) is 18.4. The van der Waals surface area contributed by atoms with Gasteiger partial charge in [-0.3, -0.25) is 0 Å². The number of carbonyl (C=O) groups is 2. The van der Waals surface area contributed by atoms with Crippen molar-refractivity contribution >= 4 is 17.7 Å². The van der Waals surface area contributed by atoms with Crippen molar-refractivity contribution < 1.29 is 19.4 Å². The molecule has 1 aliphatic rings. The molecule has 1 saturated heterocycles. The van der Waals surface area contributed by atoms with Crippen LogP contribution in [-0.4, -0.2) is 47.8 Å². The largest absolute Gasteiger partial charge is 0.478 e. The lowest BCUT2D eigenvalue weighted by atomic mass is 10.1. The van der Waals surface area contributed by atoms with E-state index in [1.165, 1.54) is 0 Å². The number of anilines is 1. The quantitative estimate of drug-likeness (QED) is 0.896. The summed E-state index contributed by atoms with van der Waals surface area (Å²) in [5.41, 5.74) is 1.25. The Morgan fingerprint density at radius 1 is 1.48 bits per heavy atom. The lowest BCUT2D eigenvalue weighted by Gasteiger charge is -2.32. The summed E-state index contributed by atoms with van der Waals surface area (Å²) in [6.45, 7) is 5.36. The highest BCUT2D eigenvalue weighted by Crippen LogP contribution is 2.19. The molecule has 0 aromatic heterocycles. The highest BCUT2D eigenvalue weighted by Gasteiger charge is 2.24. The Morgan fingerprint density at radius 2 is 2.24 bits per heavy atom. The van der Waals surface area contributed by atoms with Gasteiger partial charge in [-0.1, -0.05) is 18.6 Å². The van der Waals surface area contributed by atoms with E-state index in [4.69, 9.17) is 4.74 Å². The van der Waals surface area contributed by atoms with E-state index in [9.17, 15) is 14.7 Å². The van der Waals surface area contributed by atoms with Crippen molar-refractivity contribution in [3.05, 3.63) is 29.3 Å². The number of nitrogens with one attached hydrogen (secondary N) is 1. The second kappa shape index (κ2) is 6.58. The summed E-state index contributed by atoms with van der Waals surface area (Å²) in [6.07, 6.45) is 0.885. The van der Waals surface area contributed by atoms with Crippen molar-refractivity contribution in [3.8, 4) is 0 Å². The Labute approximate surface area is 123 Å². The van der Waals surface area contributed by atoms with E-state index in [1.807, 2.05) is 13.8 Å². The van der Waals surface area contributed by atoms with E-state index >= 15 is 0 Å². The zero-order valence-electron chi connectivity index (χ0n) is 12.3. The Morgan fingerprint density at radius 3 is 2.90 bits per heavy atom. The van der Waals surface area contributed by atoms with Gasteiger partial charge < -0.3 is 20.1 Å². The summed E-state index contributed by atoms with van der Waals surface area (Å²) in [7, 11) is 0. The maximum atomic E-state index is 12.3. The first-order valence-corrected chi connectivity index (χ1v) is 7.02. The topological polar surface area (TPSA) is 78.9 Å². The molecule has 21 heavy (non-hydrogen) atoms. The number of carboxylic acid groups (broad SMARTS) is 1. The number of benzene rings is 1. The summed E-state index contributed by atoms with van der Waals surface area (Å²) in [5, 5.41) is 11.9. The van der Waals surface area contributed by atoms with E-state index in [1.54, 1.807) is 23.1 Å². The second-order valence-electron chi connectivity index (χ2n) is 5.13. The predicted molar refractivity (Wildman–Crippen MR) is 78.8 cm³/mol. The van der Waals surface area contributed by atoms with Gasteiger partial charge in [-0.05, 0) is 25.5 Å². The van der Waals surface area contributed by atoms with Crippen molar-refractivity contribution in [1.29, 1.82) is 0 Å². The Kier molecular flexibility index (Phi) is 4.80. The second-order valence-corrected chi connectivity index (χ2v) is 5.13. The van der Waals surface area contributed by atoms with Crippen LogP contribution in [0, 0.1) is 6.92 Å². The molecule has 0 spiro atoms. The number of nitrogens with zero attached hydrogens (tertiary/aromatic N) is 1. The number of carboxylic acids is 1. The summed E-state index contributed by atoms with van der Waals surface area (Å²) in [6, 6.07) is 4.65. The fraction of sp³-hybridized carbons (Fsp3) is 0.467. The zero-order chi connectivity index (χ0) is 15.4. The monoisotopic (exact) mass is 292 g/mol. The van der Waals surface area contributed by atoms with Gasteiger partial charge >= 0.3 is 12.0 Å². The number of hydrogen-bond donors (Lipinski definition) is 2. The average Bonchev–Trinajstić information content (AvgIpc) is 2.48. The molecule has 1 aromatic carbocycles. The molecular weight excluding hydrogens is 272 g/mol. The SMILES string of the molecule is CCC1CN(C(=O)Nc2ccc(C)cc2C(=O)O)CCO1. The van der Waals surface area contributed by atoms with Crippen LogP contribution in [0.1, 0.15) is 29.3 Å². The number of rotatable bonds is 3. The van der Waals surface area contributed by atoms with Gasteiger partial charge in [0.05, 0.1) is 24.0 Å². The molecule has 1 fully saturated rings. The number of ether oxygens (including phenoxy) is 1. The minimum atomic E-state index is -1.05. The van der Waals surface area contributed by atoms with Gasteiger partial charge in [0.1, 0.15) is 0 Å². The fourth-order valence-electron chi connectivity index (χ4n) is 2.29. The molecule has 2 amide bonds. The van der Waals surface area contributed by atoms with Gasteiger partial charge in [0.15, 0.2) is 0 Å². The van der Waals surface area contributed by atoms with E-state index in [2.05, 4.69) is 5.32 Å². The van der Waals surface area contributed by atoms with Gasteiger partial charge in [-0.25, -0.2) is 9.59 Å². The summed E-state index contributed by atoms with van der Waals surface area (Å²) in [4.78, 5) is 25.2. The van der Waals surface area contributed by atoms with Crippen LogP contribution < -0.4 is 5.32 Å². The number of aromatic carboxylic acids is 1. The van der Waals surface area contributed by atoms with Gasteiger partial charge in [0.25, 0.3) is 0 Å². The molecule has 1 aromatic rings. The molecule has 6 heteroatoms. The molecule has 0 aliphatic carbocycles. The number of amides is 2. The molecular formula is C15H20N2O4. The molecule has 6 nitrogen and oxygen atoms in total. The van der Waals surface area contributed by atoms with Crippen molar-refractivity contribution in [2.45, 2.75) is 26.4 Å². The fourth-order valence-corrected chi connectivity index (χ4v) is 2.29. The molecule has 2 rings (SSSR count). The van der Waals surface area contributed by atoms with E-state index in [-0.39, 0.29) is 17.7 Å². The molecule has 1 atom stereocenters. The maximum absolute atomic E-state index is 12.3. The molecule has 114 valence electrons. The molecule has 0 saturated carbocycles. The summed E-state index contributed by atoms with van der Waals surface area (Å²) < 4.78 is 5.52. The third-order valence-electron chi connectivity index (χ3n) is 3.53. The van der Waals surface area contributed by atoms with Gasteiger partial charge in [0.2, 0.25) is 0 Å². The lowest BCUT2D eigenvalue weighted by Crippen LogP contribution is -2.47. The van der Waals surface area contributed by atoms with Crippen LogP contribution in [-0.2, 0) is 4.74 Å². The Bertz CT molecular complexity index is 544. The number of hydrogen-bond acceptors (Lipinski definition) is 3. The van der Waals surface area contributed by atoms with Crippen LogP contribution in [0.5, 0.6) is 0 Å². The molecule has 0 radical (unpaired) electrons. The van der Waals surface area contributed by atoms with Crippen LogP contribution in [0.3, 0.4) is 0 Å². The first-order chi connectivity index (χ1) is 10.0. The van der Waals surface area contributed by atoms with Gasteiger partial charge in [-0.15, -0.1) is 0 Å². The maximum Gasteiger partial charge on any atom is 0.337 e. The highest BCUT2D eigenvalue weighted by atomic mass is 16.5. The molecule has 1 heterocycles. The number of carbonyl (C=O) groups excluding carboxylic acids is 1. The van der Waals surface area contributed by atoms with E-state index < -0.39 is 5.97 Å². The van der Waals surface area contributed by atoms with E-state index in [0.29, 0.717) is 25.4 Å². The highest BCUT2D eigenvalue weighted by molar-refractivity contribution is 6.00. The average molecular weight is 292 g/mol. The molecule has 1 aliphatic heterocycles. The van der Waals surface area contributed by atoms with Crippen LogP contribution >= 0.6 is 0 Å². The van der Waals surface area contributed by atoms with Gasteiger partial charge in [0, 0.05) is 13.1 Å². The van der Waals surface area contributed by atoms with Gasteiger partial charge in [-0.2, -0.15) is 0 Å². The van der Waals surface area contributed by atoms with Crippen LogP contribution in [0.2, 0.25) is 0 Å². The Balaban J connectivity index is 2.11. The minimum Gasteiger partial charge on any atom is -0.478 e. The third kappa shape index (κ3) is 3.72. The summed E-state index contributed by atoms with van der Waals surface area (Å²) >= 11 is 0. The molecule has 2 N–H and O–H groups in total. The Hall–Kier alpha value is -2.08. The smallest absolute Gasteiger partial charge is 0.337 e. The summed E-state index contributed by atoms with van der Waals surface area (Å²) in [5.74, 6) is -1.05. The molecule has 1 unspecified atom stereocenters. The first kappa shape index (κ1) is 15.3. The zero-order valence-corrected chi connectivity index (χ0v) is 12.3. The third-order valence-corrected chi connectivity index (χ3v) is 3.53. The van der Waals surface area contributed by atoms with Crippen molar-refractivity contribution in [2.75, 3.05) is 25.0 Å². The van der Waals surface area contributed by atoms with Crippen LogP contribution in [0.25, 0.3) is 0 Å². The minimum absolute atomic E-state index is 0.0430. The standard InChI is InChI=1S/C15H20N2O4/c1-3-11-9-17(6-7-21-11)15(20)16-13-5-4-10(2)8-12(13)14(18)19/h4-5,8,11H,3,6-7,9H2,1-2H3,(H,16,20)(H,18,19). The lowest BCUT2D eigenvalue weighted by molar-refractivity contribution is -0.0134. The van der Waals surface area contributed by atoms with Crippen LogP contribution in [0.15, 0.2) is 18.2 Å². The number of aryl methyl sites for hydroxylation is 1. The first-order valence-electron chi connectivity index (χ1n) is 7.02. The van der Waals surface area contributed by atoms with E-state index in [0.717, 1.165) is 12.0 Å². The van der Waals surface area contributed by atoms with Crippen molar-refractivity contribution in [1.82, 2.24) is 4.90 Å². The van der Waals surface area contributed by atoms with Crippen molar-refractivity contribution in [2.24, 2.45) is 0 Å².